The topological polar surface area (TPSA) is 54.4 Å². The number of aliphatic hydroxyl groups is 1. The molecule has 21 heavy (non-hydrogen) atoms. The largest absolute Gasteiger partial charge is 0.487 e. The van der Waals surface area contributed by atoms with Gasteiger partial charge in [-0.25, -0.2) is 4.98 Å². The Bertz CT molecular complexity index is 590. The second kappa shape index (κ2) is 7.86. The lowest BCUT2D eigenvalue weighted by Gasteiger charge is -2.12. The first-order valence-corrected chi connectivity index (χ1v) is 7.33. The predicted octanol–water partition coefficient (Wildman–Crippen LogP) is 3.63. The van der Waals surface area contributed by atoms with E-state index >= 15 is 0 Å². The number of para-hydroxylation sites is 1. The Labute approximate surface area is 129 Å². The van der Waals surface area contributed by atoms with E-state index in [2.05, 4.69) is 17.2 Å². The second-order valence-electron chi connectivity index (χ2n) is 4.61. The third-order valence-corrected chi connectivity index (χ3v) is 3.33. The molecule has 0 aliphatic carbocycles. The van der Waals surface area contributed by atoms with Crippen molar-refractivity contribution in [2.75, 3.05) is 11.9 Å². The number of ether oxygens (including phenoxy) is 1. The second-order valence-corrected chi connectivity index (χ2v) is 5.01. The number of rotatable bonds is 7. The van der Waals surface area contributed by atoms with Gasteiger partial charge in [0.1, 0.15) is 18.2 Å². The van der Waals surface area contributed by atoms with Gasteiger partial charge in [0.05, 0.1) is 17.3 Å². The molecule has 0 unspecified atom stereocenters. The average Bonchev–Trinajstić information content (AvgIpc) is 2.53. The quantitative estimate of drug-likeness (QED) is 0.820. The van der Waals surface area contributed by atoms with E-state index in [-0.39, 0.29) is 13.2 Å². The third-order valence-electron chi connectivity index (χ3n) is 2.98. The van der Waals surface area contributed by atoms with Crippen LogP contribution in [0.2, 0.25) is 5.02 Å². The number of aliphatic hydroxyl groups excluding tert-OH is 1. The molecule has 0 radical (unpaired) electrons. The van der Waals surface area contributed by atoms with E-state index < -0.39 is 0 Å². The Balaban J connectivity index is 2.08. The number of hydrogen-bond acceptors (Lipinski definition) is 4. The highest BCUT2D eigenvalue weighted by Gasteiger charge is 2.07. The van der Waals surface area contributed by atoms with Crippen LogP contribution in [0.1, 0.15) is 24.6 Å². The highest BCUT2D eigenvalue weighted by atomic mass is 35.5. The Morgan fingerprint density at radius 2 is 2.05 bits per heavy atom. The molecule has 0 atom stereocenters. The van der Waals surface area contributed by atoms with Crippen LogP contribution in [0.3, 0.4) is 0 Å². The summed E-state index contributed by atoms with van der Waals surface area (Å²) in [7, 11) is 0. The molecule has 0 fully saturated rings. The lowest BCUT2D eigenvalue weighted by molar-refractivity contribution is 0.257. The minimum absolute atomic E-state index is 0.0601. The lowest BCUT2D eigenvalue weighted by Crippen LogP contribution is -2.06. The first kappa shape index (κ1) is 15.6. The number of halogens is 1. The summed E-state index contributed by atoms with van der Waals surface area (Å²) in [5.74, 6) is 1.43. The summed E-state index contributed by atoms with van der Waals surface area (Å²) in [6, 6.07) is 11.0. The van der Waals surface area contributed by atoms with Crippen molar-refractivity contribution in [2.45, 2.75) is 26.6 Å². The van der Waals surface area contributed by atoms with Crippen LogP contribution < -0.4 is 10.1 Å². The molecule has 112 valence electrons. The van der Waals surface area contributed by atoms with E-state index in [9.17, 15) is 5.11 Å². The third kappa shape index (κ3) is 4.34. The maximum atomic E-state index is 9.28. The molecule has 2 N–H and O–H groups in total. The van der Waals surface area contributed by atoms with E-state index in [1.807, 2.05) is 36.4 Å². The van der Waals surface area contributed by atoms with Crippen molar-refractivity contribution in [3.63, 3.8) is 0 Å². The molecule has 1 heterocycles. The summed E-state index contributed by atoms with van der Waals surface area (Å²) in [5, 5.41) is 13.1. The fourth-order valence-corrected chi connectivity index (χ4v) is 2.02. The zero-order chi connectivity index (χ0) is 15.1. The first-order valence-electron chi connectivity index (χ1n) is 6.95. The number of nitrogens with one attached hydrogen (secondary N) is 1. The summed E-state index contributed by atoms with van der Waals surface area (Å²) in [4.78, 5) is 4.45. The van der Waals surface area contributed by atoms with Gasteiger partial charge >= 0.3 is 0 Å². The molecule has 0 bridgehead atoms. The standard InChI is InChI=1S/C16H19ClN2O2/c1-2-9-18-16-8-7-13(17)14(19-16)11-21-15-6-4-3-5-12(15)10-20/h3-8,20H,2,9-11H2,1H3,(H,18,19). The smallest absolute Gasteiger partial charge is 0.132 e. The van der Waals surface area contributed by atoms with Gasteiger partial charge in [-0.05, 0) is 24.6 Å². The van der Waals surface area contributed by atoms with Gasteiger partial charge in [-0.1, -0.05) is 36.7 Å². The Morgan fingerprint density at radius 3 is 2.81 bits per heavy atom. The number of anilines is 1. The minimum atomic E-state index is -0.0601. The molecule has 0 aliphatic heterocycles. The van der Waals surface area contributed by atoms with Crippen LogP contribution >= 0.6 is 11.6 Å². The summed E-state index contributed by atoms with van der Waals surface area (Å²) >= 11 is 6.15. The first-order chi connectivity index (χ1) is 10.2. The molecule has 4 nitrogen and oxygen atoms in total. The lowest BCUT2D eigenvalue weighted by atomic mass is 10.2. The zero-order valence-corrected chi connectivity index (χ0v) is 12.7. The van der Waals surface area contributed by atoms with Gasteiger partial charge < -0.3 is 15.2 Å². The molecule has 0 aliphatic rings. The fourth-order valence-electron chi connectivity index (χ4n) is 1.86. The molecule has 0 spiro atoms. The highest BCUT2D eigenvalue weighted by Crippen LogP contribution is 2.22. The van der Waals surface area contributed by atoms with E-state index in [0.29, 0.717) is 16.5 Å². The average molecular weight is 307 g/mol. The Kier molecular flexibility index (Phi) is 5.84. The van der Waals surface area contributed by atoms with Gasteiger partial charge in [0.15, 0.2) is 0 Å². The van der Waals surface area contributed by atoms with E-state index in [1.54, 1.807) is 0 Å². The Hall–Kier alpha value is -1.78. The summed E-state index contributed by atoms with van der Waals surface area (Å²) in [5.41, 5.74) is 1.42. The van der Waals surface area contributed by atoms with Gasteiger partial charge in [-0.3, -0.25) is 0 Å². The molecular formula is C16H19ClN2O2. The number of aromatic nitrogens is 1. The highest BCUT2D eigenvalue weighted by molar-refractivity contribution is 6.31. The molecule has 1 aromatic heterocycles. The molecule has 2 aromatic rings. The monoisotopic (exact) mass is 306 g/mol. The van der Waals surface area contributed by atoms with Crippen LogP contribution in [0.5, 0.6) is 5.75 Å². The van der Waals surface area contributed by atoms with Crippen LogP contribution in [0.15, 0.2) is 36.4 Å². The van der Waals surface area contributed by atoms with E-state index in [1.165, 1.54) is 0 Å². The van der Waals surface area contributed by atoms with Gasteiger partial charge in [0, 0.05) is 12.1 Å². The molecule has 5 heteroatoms. The molecule has 0 saturated carbocycles. The summed E-state index contributed by atoms with van der Waals surface area (Å²) in [6.07, 6.45) is 1.03. The van der Waals surface area contributed by atoms with Crippen molar-refractivity contribution in [2.24, 2.45) is 0 Å². The van der Waals surface area contributed by atoms with Crippen LogP contribution in [0, 0.1) is 0 Å². The Morgan fingerprint density at radius 1 is 1.24 bits per heavy atom. The van der Waals surface area contributed by atoms with E-state index in [4.69, 9.17) is 16.3 Å². The van der Waals surface area contributed by atoms with Crippen molar-refractivity contribution in [1.29, 1.82) is 0 Å². The van der Waals surface area contributed by atoms with Crippen molar-refractivity contribution in [1.82, 2.24) is 4.98 Å². The predicted molar refractivity (Wildman–Crippen MR) is 84.7 cm³/mol. The molecule has 1 aromatic carbocycles. The number of nitrogens with zero attached hydrogens (tertiary/aromatic N) is 1. The van der Waals surface area contributed by atoms with Gasteiger partial charge in [-0.15, -0.1) is 0 Å². The van der Waals surface area contributed by atoms with Crippen molar-refractivity contribution in [3.8, 4) is 5.75 Å². The number of hydrogen-bond donors (Lipinski definition) is 2. The van der Waals surface area contributed by atoms with Crippen LogP contribution in [0.4, 0.5) is 5.82 Å². The maximum Gasteiger partial charge on any atom is 0.132 e. The van der Waals surface area contributed by atoms with Crippen LogP contribution in [0.25, 0.3) is 0 Å². The normalized spacial score (nSPS) is 10.4. The number of benzene rings is 1. The van der Waals surface area contributed by atoms with Gasteiger partial charge in [0.25, 0.3) is 0 Å². The fraction of sp³-hybridized carbons (Fsp3) is 0.312. The van der Waals surface area contributed by atoms with Crippen LogP contribution in [-0.2, 0) is 13.2 Å². The molecule has 0 saturated heterocycles. The van der Waals surface area contributed by atoms with Crippen molar-refractivity contribution >= 4 is 17.4 Å². The SMILES string of the molecule is CCCNc1ccc(Cl)c(COc2ccccc2CO)n1. The van der Waals surface area contributed by atoms with Gasteiger partial charge in [0.2, 0.25) is 0 Å². The summed E-state index contributed by atoms with van der Waals surface area (Å²) < 4.78 is 5.72. The molecule has 2 rings (SSSR count). The van der Waals surface area contributed by atoms with E-state index in [0.717, 1.165) is 24.3 Å². The van der Waals surface area contributed by atoms with Crippen molar-refractivity contribution in [3.05, 3.63) is 52.7 Å². The number of pyridine rings is 1. The van der Waals surface area contributed by atoms with Gasteiger partial charge in [-0.2, -0.15) is 0 Å². The summed E-state index contributed by atoms with van der Waals surface area (Å²) in [6.45, 7) is 3.16. The zero-order valence-electron chi connectivity index (χ0n) is 12.0. The molecular weight excluding hydrogens is 288 g/mol. The molecule has 0 amide bonds. The van der Waals surface area contributed by atoms with Crippen LogP contribution in [-0.4, -0.2) is 16.6 Å². The maximum absolute atomic E-state index is 9.28. The van der Waals surface area contributed by atoms with Crippen molar-refractivity contribution < 1.29 is 9.84 Å². The minimum Gasteiger partial charge on any atom is -0.487 e.